The van der Waals surface area contributed by atoms with Crippen LogP contribution < -0.4 is 10.3 Å². The molecule has 0 atom stereocenters. The highest BCUT2D eigenvalue weighted by Gasteiger charge is 2.37. The number of sulfonamides is 2. The predicted octanol–water partition coefficient (Wildman–Crippen LogP) is 9.12. The van der Waals surface area contributed by atoms with Crippen LogP contribution in [-0.4, -0.2) is 46.4 Å². The summed E-state index contributed by atoms with van der Waals surface area (Å²) in [6.07, 6.45) is -6.87. The summed E-state index contributed by atoms with van der Waals surface area (Å²) in [5.41, 5.74) is 1.95. The van der Waals surface area contributed by atoms with Gasteiger partial charge >= 0.3 is 12.4 Å². The summed E-state index contributed by atoms with van der Waals surface area (Å²) in [5, 5.41) is 19.0. The number of rotatable bonds is 8. The van der Waals surface area contributed by atoms with E-state index < -0.39 is 65.2 Å². The quantitative estimate of drug-likeness (QED) is 0.140. The molecule has 4 aromatic heterocycles. The molecule has 0 fully saturated rings. The topological polar surface area (TPSA) is 195 Å². The van der Waals surface area contributed by atoms with Gasteiger partial charge in [-0.05, 0) is 42.5 Å². The molecular weight excluding hydrogens is 932 g/mol. The van der Waals surface area contributed by atoms with Crippen molar-refractivity contribution in [3.05, 3.63) is 143 Å². The van der Waals surface area contributed by atoms with Crippen LogP contribution in [0.4, 0.5) is 35.1 Å². The molecule has 326 valence electrons. The molecule has 4 aromatic carbocycles. The molecule has 0 radical (unpaired) electrons. The monoisotopic (exact) mass is 954 g/mol. The fraction of sp³-hybridized carbons (Fsp3) is 0.0526. The van der Waals surface area contributed by atoms with E-state index in [0.29, 0.717) is 28.1 Å². The van der Waals surface area contributed by atoms with E-state index in [4.69, 9.17) is 26.3 Å². The highest BCUT2D eigenvalue weighted by Crippen LogP contribution is 2.38. The van der Waals surface area contributed by atoms with Crippen molar-refractivity contribution in [3.8, 4) is 56.4 Å². The highest BCUT2D eigenvalue weighted by molar-refractivity contribution is 7.89. The van der Waals surface area contributed by atoms with Crippen LogP contribution >= 0.6 is 22.9 Å². The Labute approximate surface area is 358 Å². The van der Waals surface area contributed by atoms with Gasteiger partial charge in [-0.3, -0.25) is 0 Å². The maximum absolute atomic E-state index is 14.3. The molecule has 8 rings (SSSR count). The molecule has 63 heavy (non-hydrogen) atoms. The zero-order chi connectivity index (χ0) is 45.6. The average Bonchev–Trinajstić information content (AvgIpc) is 4.04. The summed E-state index contributed by atoms with van der Waals surface area (Å²) in [7, 11) is -8.69. The lowest BCUT2D eigenvalue weighted by molar-refractivity contribution is -0.142. The van der Waals surface area contributed by atoms with Crippen LogP contribution in [0.1, 0.15) is 11.4 Å². The molecule has 0 bridgehead atoms. The Hall–Kier alpha value is -6.31. The first-order valence-electron chi connectivity index (χ1n) is 17.2. The fourth-order valence-corrected chi connectivity index (χ4v) is 7.95. The molecule has 0 aliphatic heterocycles. The second-order valence-corrected chi connectivity index (χ2v) is 17.2. The van der Waals surface area contributed by atoms with Crippen LogP contribution in [0.25, 0.3) is 56.4 Å². The summed E-state index contributed by atoms with van der Waals surface area (Å²) in [6.45, 7) is 0. The first kappa shape index (κ1) is 44.7. The summed E-state index contributed by atoms with van der Waals surface area (Å²) < 4.78 is 161. The predicted molar refractivity (Wildman–Crippen MR) is 212 cm³/mol. The van der Waals surface area contributed by atoms with Crippen LogP contribution in [0.5, 0.6) is 0 Å². The van der Waals surface area contributed by atoms with E-state index in [-0.39, 0.29) is 33.3 Å². The summed E-state index contributed by atoms with van der Waals surface area (Å²) in [4.78, 5) is 6.58. The van der Waals surface area contributed by atoms with Gasteiger partial charge in [0, 0.05) is 39.8 Å². The van der Waals surface area contributed by atoms with Crippen molar-refractivity contribution in [1.82, 2.24) is 29.5 Å². The molecule has 0 spiro atoms. The van der Waals surface area contributed by atoms with Crippen LogP contribution in [-0.2, 0) is 32.4 Å². The van der Waals surface area contributed by atoms with E-state index in [1.54, 1.807) is 41.2 Å². The number of oxazole rings is 1. The second kappa shape index (κ2) is 16.8. The Morgan fingerprint density at radius 2 is 1.11 bits per heavy atom. The van der Waals surface area contributed by atoms with E-state index in [0.717, 1.165) is 57.9 Å². The summed E-state index contributed by atoms with van der Waals surface area (Å²) in [5.74, 6) is -2.44. The summed E-state index contributed by atoms with van der Waals surface area (Å²) >= 11 is 7.69. The van der Waals surface area contributed by atoms with Crippen molar-refractivity contribution in [1.29, 1.82) is 0 Å². The van der Waals surface area contributed by atoms with Gasteiger partial charge in [0.15, 0.2) is 17.8 Å². The maximum Gasteiger partial charge on any atom is 0.435 e. The minimum atomic E-state index is -4.77. The van der Waals surface area contributed by atoms with Gasteiger partial charge < -0.3 is 4.42 Å². The van der Waals surface area contributed by atoms with Crippen molar-refractivity contribution in [3.63, 3.8) is 0 Å². The SMILES string of the molecule is NS(=O)(=O)c1ccc(-n2nc(C(F)(F)F)cc2-c2ccc(-c3cocn3)cc2)cc1F.NS(=O)(=O)c1ccc(-n2nc(C(F)(F)F)cc2-c2ccc(-c3cscn3)c(Cl)c2)cc1F. The lowest BCUT2D eigenvalue weighted by atomic mass is 10.1. The van der Waals surface area contributed by atoms with Gasteiger partial charge in [0.05, 0.1) is 39.0 Å². The van der Waals surface area contributed by atoms with E-state index in [2.05, 4.69) is 20.2 Å². The first-order chi connectivity index (χ1) is 29.5. The third-order valence-electron chi connectivity index (χ3n) is 8.81. The molecule has 0 amide bonds. The van der Waals surface area contributed by atoms with E-state index in [9.17, 15) is 52.0 Å². The largest absolute Gasteiger partial charge is 0.451 e. The van der Waals surface area contributed by atoms with Gasteiger partial charge in [0.25, 0.3) is 0 Å². The number of benzene rings is 4. The first-order valence-corrected chi connectivity index (χ1v) is 21.6. The molecule has 13 nitrogen and oxygen atoms in total. The third-order valence-corrected chi connectivity index (χ3v) is 11.6. The Morgan fingerprint density at radius 3 is 1.52 bits per heavy atom. The highest BCUT2D eigenvalue weighted by atomic mass is 35.5. The zero-order valence-corrected chi connectivity index (χ0v) is 34.2. The number of hydrogen-bond donors (Lipinski definition) is 2. The molecule has 8 aromatic rings. The molecule has 0 saturated carbocycles. The second-order valence-electron chi connectivity index (χ2n) is 13.0. The Kier molecular flexibility index (Phi) is 11.9. The van der Waals surface area contributed by atoms with E-state index >= 15 is 0 Å². The number of alkyl halides is 6. The molecular formula is C38H23ClF8N8O5S3. The van der Waals surface area contributed by atoms with Crippen molar-refractivity contribution < 1.29 is 56.4 Å². The Morgan fingerprint density at radius 1 is 0.619 bits per heavy atom. The molecule has 0 aliphatic rings. The number of aromatic nitrogens is 6. The van der Waals surface area contributed by atoms with Gasteiger partial charge in [-0.2, -0.15) is 36.5 Å². The molecule has 4 heterocycles. The molecule has 0 unspecified atom stereocenters. The minimum Gasteiger partial charge on any atom is -0.451 e. The maximum atomic E-state index is 14.3. The van der Waals surface area contributed by atoms with Gasteiger partial charge in [-0.1, -0.05) is 48.0 Å². The van der Waals surface area contributed by atoms with Gasteiger partial charge in [-0.25, -0.2) is 55.2 Å². The van der Waals surface area contributed by atoms with Crippen LogP contribution in [0.15, 0.2) is 129 Å². The van der Waals surface area contributed by atoms with Crippen LogP contribution in [0.2, 0.25) is 5.02 Å². The van der Waals surface area contributed by atoms with Crippen molar-refractivity contribution >= 4 is 43.0 Å². The van der Waals surface area contributed by atoms with Crippen LogP contribution in [0, 0.1) is 11.6 Å². The zero-order valence-electron chi connectivity index (χ0n) is 31.0. The van der Waals surface area contributed by atoms with Crippen molar-refractivity contribution in [2.45, 2.75) is 22.1 Å². The smallest absolute Gasteiger partial charge is 0.435 e. The normalized spacial score (nSPS) is 12.3. The molecule has 4 N–H and O–H groups in total. The van der Waals surface area contributed by atoms with Crippen LogP contribution in [0.3, 0.4) is 0 Å². The average molecular weight is 955 g/mol. The van der Waals surface area contributed by atoms with Gasteiger partial charge in [0.2, 0.25) is 20.0 Å². The number of nitrogens with two attached hydrogens (primary N) is 2. The number of thiazole rings is 1. The number of halogens is 9. The Bertz CT molecular complexity index is 3190. The number of nitrogens with zero attached hydrogens (tertiary/aromatic N) is 6. The Balaban J connectivity index is 0.000000189. The minimum absolute atomic E-state index is 0.0155. The molecule has 0 saturated heterocycles. The lowest BCUT2D eigenvalue weighted by Crippen LogP contribution is -2.14. The standard InChI is InChI=1S/C19H11ClF4N4O2S2.C19H12F4N4O3S/c20-13-5-10(1-3-12(13)15-8-31-9-26-15)16-7-18(19(22,23)24)27-28(16)11-2-4-17(14(21)6-11)32(25,29)30;20-14-7-13(5-6-17(14)31(24,28)29)27-16(8-18(26-27)19(21,22)23)12-3-1-11(2-4-12)15-9-30-10-25-15/h1-9H,(H2,25,29,30);1-10H,(H2,24,28,29). The molecule has 0 aliphatic carbocycles. The number of hydrogen-bond acceptors (Lipinski definition) is 10. The summed E-state index contributed by atoms with van der Waals surface area (Å²) in [6, 6.07) is 18.0. The lowest BCUT2D eigenvalue weighted by Gasteiger charge is -2.10. The van der Waals surface area contributed by atoms with Crippen molar-refractivity contribution in [2.24, 2.45) is 10.3 Å². The fourth-order valence-electron chi connectivity index (χ4n) is 5.94. The van der Waals surface area contributed by atoms with Gasteiger partial charge in [-0.15, -0.1) is 11.3 Å². The van der Waals surface area contributed by atoms with E-state index in [1.807, 2.05) is 0 Å². The van der Waals surface area contributed by atoms with Crippen molar-refractivity contribution in [2.75, 3.05) is 0 Å². The molecule has 25 heteroatoms. The van der Waals surface area contributed by atoms with Gasteiger partial charge in [0.1, 0.15) is 33.4 Å². The third kappa shape index (κ3) is 9.69. The van der Waals surface area contributed by atoms with E-state index in [1.165, 1.54) is 36.1 Å². The number of primary sulfonamides is 2.